The Morgan fingerprint density at radius 2 is 1.86 bits per heavy atom. The average molecular weight is 393 g/mol. The zero-order valence-electron chi connectivity index (χ0n) is 12.2. The highest BCUT2D eigenvalue weighted by Crippen LogP contribution is 2.26. The number of hydrogen-bond acceptors (Lipinski definition) is 3. The number of fused-ring (bicyclic) bond motifs is 1. The third kappa shape index (κ3) is 2.67. The van der Waals surface area contributed by atoms with E-state index in [1.807, 2.05) is 18.5 Å². The van der Waals surface area contributed by atoms with Crippen LogP contribution in [0, 0.1) is 3.57 Å². The molecule has 3 aromatic rings. The number of halogens is 1. The normalized spacial score (nSPS) is 12.0. The van der Waals surface area contributed by atoms with Crippen molar-refractivity contribution in [1.82, 2.24) is 14.6 Å². The number of aromatic nitrogens is 3. The largest absolute Gasteiger partial charge is 0.374 e. The molecular formula is C16H16IN3O. The fourth-order valence-electron chi connectivity index (χ4n) is 2.16. The van der Waals surface area contributed by atoms with Crippen LogP contribution in [0.4, 0.5) is 0 Å². The Kier molecular flexibility index (Phi) is 3.71. The summed E-state index contributed by atoms with van der Waals surface area (Å²) < 4.78 is 8.34. The lowest BCUT2D eigenvalue weighted by atomic mass is 9.96. The molecule has 21 heavy (non-hydrogen) atoms. The van der Waals surface area contributed by atoms with Crippen molar-refractivity contribution in [1.29, 1.82) is 0 Å². The lowest BCUT2D eigenvalue weighted by molar-refractivity contribution is 0.0192. The molecule has 0 unspecified atom stereocenters. The van der Waals surface area contributed by atoms with Gasteiger partial charge in [0.2, 0.25) is 0 Å². The summed E-state index contributed by atoms with van der Waals surface area (Å²) in [4.78, 5) is 4.68. The third-order valence-electron chi connectivity index (χ3n) is 3.71. The smallest absolute Gasteiger partial charge is 0.168 e. The van der Waals surface area contributed by atoms with Crippen molar-refractivity contribution in [3.8, 4) is 11.3 Å². The predicted molar refractivity (Wildman–Crippen MR) is 91.2 cm³/mol. The Morgan fingerprint density at radius 1 is 1.14 bits per heavy atom. The Labute approximate surface area is 137 Å². The molecule has 0 aliphatic rings. The predicted octanol–water partition coefficient (Wildman–Crippen LogP) is 3.88. The monoisotopic (exact) mass is 393 g/mol. The first kappa shape index (κ1) is 14.5. The van der Waals surface area contributed by atoms with Crippen LogP contribution in [0.5, 0.6) is 0 Å². The summed E-state index contributed by atoms with van der Waals surface area (Å²) in [5, 5.41) is 4.24. The molecule has 1 aromatic carbocycles. The summed E-state index contributed by atoms with van der Waals surface area (Å²) in [6.07, 6.45) is 3.75. The van der Waals surface area contributed by atoms with Crippen molar-refractivity contribution >= 4 is 28.2 Å². The lowest BCUT2D eigenvalue weighted by Crippen LogP contribution is -2.19. The Balaban J connectivity index is 2.00. The van der Waals surface area contributed by atoms with Crippen molar-refractivity contribution < 1.29 is 4.74 Å². The van der Waals surface area contributed by atoms with Crippen LogP contribution in [0.1, 0.15) is 19.4 Å². The van der Waals surface area contributed by atoms with E-state index in [4.69, 9.17) is 4.74 Å². The third-order valence-corrected chi connectivity index (χ3v) is 4.47. The Bertz CT molecular complexity index is 778. The van der Waals surface area contributed by atoms with E-state index < -0.39 is 0 Å². The van der Waals surface area contributed by atoms with Crippen molar-refractivity contribution in [3.05, 3.63) is 51.9 Å². The van der Waals surface area contributed by atoms with Gasteiger partial charge in [-0.3, -0.25) is 0 Å². The molecule has 0 aliphatic carbocycles. The fourth-order valence-corrected chi connectivity index (χ4v) is 2.65. The standard InChI is InChI=1S/C16H16IN3O/c1-16(2,21-3)12-6-4-11(5-7-12)14-8-9-20-15(19-14)13(17)10-18-20/h4-10H,1-3H3. The molecule has 2 aromatic heterocycles. The quantitative estimate of drug-likeness (QED) is 0.634. The summed E-state index contributed by atoms with van der Waals surface area (Å²) in [5.74, 6) is 0. The first-order valence-electron chi connectivity index (χ1n) is 6.67. The van der Waals surface area contributed by atoms with Gasteiger partial charge >= 0.3 is 0 Å². The molecule has 0 atom stereocenters. The van der Waals surface area contributed by atoms with Crippen molar-refractivity contribution in [3.63, 3.8) is 0 Å². The topological polar surface area (TPSA) is 39.4 Å². The maximum atomic E-state index is 5.50. The van der Waals surface area contributed by atoms with E-state index in [0.717, 1.165) is 26.0 Å². The minimum absolute atomic E-state index is 0.281. The second-order valence-corrected chi connectivity index (χ2v) is 6.53. The maximum Gasteiger partial charge on any atom is 0.168 e. The summed E-state index contributed by atoms with van der Waals surface area (Å²) >= 11 is 2.25. The highest BCUT2D eigenvalue weighted by atomic mass is 127. The molecule has 0 fully saturated rings. The number of benzene rings is 1. The molecule has 108 valence electrons. The van der Waals surface area contributed by atoms with E-state index in [-0.39, 0.29) is 5.60 Å². The first-order valence-corrected chi connectivity index (χ1v) is 7.75. The van der Waals surface area contributed by atoms with Gasteiger partial charge in [-0.05, 0) is 48.1 Å². The van der Waals surface area contributed by atoms with Gasteiger partial charge in [-0.2, -0.15) is 5.10 Å². The SMILES string of the molecule is COC(C)(C)c1ccc(-c2ccn3ncc(I)c3n2)cc1. The molecular weight excluding hydrogens is 377 g/mol. The van der Waals surface area contributed by atoms with Gasteiger partial charge in [0.1, 0.15) is 0 Å². The molecule has 0 amide bonds. The summed E-state index contributed by atoms with van der Waals surface area (Å²) in [6, 6.07) is 10.3. The molecule has 0 saturated carbocycles. The molecule has 0 radical (unpaired) electrons. The van der Waals surface area contributed by atoms with Gasteiger partial charge in [-0.25, -0.2) is 9.50 Å². The molecule has 0 aliphatic heterocycles. The minimum Gasteiger partial charge on any atom is -0.374 e. The number of rotatable bonds is 3. The molecule has 3 rings (SSSR count). The van der Waals surface area contributed by atoms with Crippen LogP contribution in [0.15, 0.2) is 42.7 Å². The highest BCUT2D eigenvalue weighted by Gasteiger charge is 2.19. The molecule has 4 nitrogen and oxygen atoms in total. The van der Waals surface area contributed by atoms with Gasteiger partial charge in [0, 0.05) is 18.9 Å². The van der Waals surface area contributed by atoms with Crippen molar-refractivity contribution in [2.75, 3.05) is 7.11 Å². The van der Waals surface area contributed by atoms with Crippen molar-refractivity contribution in [2.45, 2.75) is 19.4 Å². The highest BCUT2D eigenvalue weighted by molar-refractivity contribution is 14.1. The average Bonchev–Trinajstić information content (AvgIpc) is 2.88. The zero-order valence-corrected chi connectivity index (χ0v) is 14.3. The van der Waals surface area contributed by atoms with Crippen LogP contribution in [0.25, 0.3) is 16.9 Å². The van der Waals surface area contributed by atoms with E-state index in [9.17, 15) is 0 Å². The molecule has 0 N–H and O–H groups in total. The second-order valence-electron chi connectivity index (χ2n) is 5.37. The van der Waals surface area contributed by atoms with Crippen LogP contribution < -0.4 is 0 Å². The number of hydrogen-bond donors (Lipinski definition) is 0. The number of ether oxygens (including phenoxy) is 1. The molecule has 0 spiro atoms. The van der Waals surface area contributed by atoms with Crippen LogP contribution in [0.3, 0.4) is 0 Å². The van der Waals surface area contributed by atoms with E-state index in [1.165, 1.54) is 0 Å². The lowest BCUT2D eigenvalue weighted by Gasteiger charge is -2.23. The Morgan fingerprint density at radius 3 is 2.52 bits per heavy atom. The zero-order chi connectivity index (χ0) is 15.0. The van der Waals surface area contributed by atoms with Crippen molar-refractivity contribution in [2.24, 2.45) is 0 Å². The summed E-state index contributed by atoms with van der Waals surface area (Å²) in [7, 11) is 1.73. The maximum absolute atomic E-state index is 5.50. The summed E-state index contributed by atoms with van der Waals surface area (Å²) in [6.45, 7) is 4.11. The van der Waals surface area contributed by atoms with Gasteiger partial charge in [0.15, 0.2) is 5.65 Å². The van der Waals surface area contributed by atoms with Gasteiger partial charge in [-0.15, -0.1) is 0 Å². The van der Waals surface area contributed by atoms with Crippen LogP contribution in [-0.4, -0.2) is 21.7 Å². The van der Waals surface area contributed by atoms with E-state index in [2.05, 4.69) is 70.8 Å². The Hall–Kier alpha value is -1.47. The molecule has 0 bridgehead atoms. The fraction of sp³-hybridized carbons (Fsp3) is 0.250. The molecule has 2 heterocycles. The second kappa shape index (κ2) is 5.38. The summed E-state index contributed by atoms with van der Waals surface area (Å²) in [5.41, 5.74) is 3.78. The van der Waals surface area contributed by atoms with E-state index >= 15 is 0 Å². The number of methoxy groups -OCH3 is 1. The van der Waals surface area contributed by atoms with Gasteiger partial charge in [-0.1, -0.05) is 24.3 Å². The molecule has 0 saturated heterocycles. The van der Waals surface area contributed by atoms with Gasteiger partial charge in [0.25, 0.3) is 0 Å². The minimum atomic E-state index is -0.281. The van der Waals surface area contributed by atoms with Crippen LogP contribution in [-0.2, 0) is 10.3 Å². The van der Waals surface area contributed by atoms with E-state index in [1.54, 1.807) is 11.6 Å². The first-order chi connectivity index (χ1) is 10.0. The van der Waals surface area contributed by atoms with E-state index in [0.29, 0.717) is 0 Å². The van der Waals surface area contributed by atoms with Gasteiger partial charge in [0.05, 0.1) is 21.1 Å². The number of nitrogens with zero attached hydrogens (tertiary/aromatic N) is 3. The molecule has 5 heteroatoms. The van der Waals surface area contributed by atoms with Crippen LogP contribution >= 0.6 is 22.6 Å². The van der Waals surface area contributed by atoms with Gasteiger partial charge < -0.3 is 4.74 Å². The van der Waals surface area contributed by atoms with Crippen LogP contribution in [0.2, 0.25) is 0 Å².